The molecule has 2 atom stereocenters. The van der Waals surface area contributed by atoms with Crippen LogP contribution in [0.5, 0.6) is 0 Å². The molecule has 2 N–H and O–H groups in total. The number of nitrogens with one attached hydrogen (secondary N) is 2. The molecule has 0 spiro atoms. The van der Waals surface area contributed by atoms with Crippen LogP contribution < -0.4 is 10.9 Å². The second kappa shape index (κ2) is 5.59. The molecule has 0 bridgehead atoms. The molecule has 1 fully saturated rings. The van der Waals surface area contributed by atoms with E-state index in [0.717, 1.165) is 0 Å². The number of rotatable bonds is 3. The molecule has 1 heterocycles. The summed E-state index contributed by atoms with van der Waals surface area (Å²) in [4.78, 5) is 11.4. The quantitative estimate of drug-likeness (QED) is 0.494. The van der Waals surface area contributed by atoms with Crippen LogP contribution >= 0.6 is 0 Å². The normalized spacial score (nSPS) is 25.7. The van der Waals surface area contributed by atoms with E-state index in [1.807, 2.05) is 0 Å². The lowest BCUT2D eigenvalue weighted by Crippen LogP contribution is -2.56. The van der Waals surface area contributed by atoms with Gasteiger partial charge in [0.1, 0.15) is 6.11 Å². The van der Waals surface area contributed by atoms with Crippen LogP contribution in [0.2, 0.25) is 0 Å². The highest BCUT2D eigenvalue weighted by atomic mass is 16.6. The van der Waals surface area contributed by atoms with Crippen molar-refractivity contribution in [2.24, 2.45) is 5.92 Å². The topological polar surface area (TPSA) is 59.6 Å². The highest BCUT2D eigenvalue weighted by molar-refractivity contribution is 5.71. The molecule has 84 valence electrons. The molecular weight excluding hydrogens is 196 g/mol. The number of hydrogen-bond acceptors (Lipinski definition) is 5. The lowest BCUT2D eigenvalue weighted by molar-refractivity contribution is -0.160. The molecule has 1 aliphatic rings. The largest absolute Gasteiger partial charge is 0.457 e. The van der Waals surface area contributed by atoms with Crippen LogP contribution in [-0.2, 0) is 14.3 Å². The molecule has 1 unspecified atom stereocenters. The van der Waals surface area contributed by atoms with Gasteiger partial charge in [-0.1, -0.05) is 20.3 Å². The zero-order valence-electron chi connectivity index (χ0n) is 8.95. The van der Waals surface area contributed by atoms with Gasteiger partial charge in [-0.3, -0.25) is 15.6 Å². The van der Waals surface area contributed by atoms with Crippen molar-refractivity contribution < 1.29 is 14.3 Å². The molecule has 0 aromatic carbocycles. The first-order valence-corrected chi connectivity index (χ1v) is 4.92. The third kappa shape index (κ3) is 3.42. The maximum absolute atomic E-state index is 11.4. The zero-order chi connectivity index (χ0) is 11.3. The van der Waals surface area contributed by atoms with Gasteiger partial charge in [0.05, 0.1) is 19.0 Å². The van der Waals surface area contributed by atoms with E-state index in [1.165, 1.54) is 0 Å². The van der Waals surface area contributed by atoms with Crippen molar-refractivity contribution >= 4 is 5.97 Å². The summed E-state index contributed by atoms with van der Waals surface area (Å²) in [6.45, 7) is 4.58. The van der Waals surface area contributed by atoms with E-state index in [9.17, 15) is 4.79 Å². The minimum absolute atomic E-state index is 0.147. The first-order chi connectivity index (χ1) is 7.15. The Morgan fingerprint density at radius 1 is 1.40 bits per heavy atom. The van der Waals surface area contributed by atoms with Crippen LogP contribution in [0, 0.1) is 18.4 Å². The van der Waals surface area contributed by atoms with Gasteiger partial charge in [-0.25, -0.2) is 0 Å². The maximum atomic E-state index is 11.4. The molecule has 0 amide bonds. The number of carbonyl (C=O) groups is 1. The van der Waals surface area contributed by atoms with Crippen molar-refractivity contribution in [1.29, 1.82) is 0 Å². The summed E-state index contributed by atoms with van der Waals surface area (Å²) in [7, 11) is 0. The maximum Gasteiger partial charge on any atom is 0.308 e. The standard InChI is InChI=1S/C10H16N2O3/c1-4-14-8-5-11-12-6-9(8)15-10(13)7(2)3/h1,7-9,11-12H,5-6H2,2-3H3/t8-,9?/m0/s1. The number of ether oxygens (including phenoxy) is 2. The van der Waals surface area contributed by atoms with Crippen molar-refractivity contribution in [1.82, 2.24) is 10.9 Å². The van der Waals surface area contributed by atoms with E-state index in [0.29, 0.717) is 13.1 Å². The minimum Gasteiger partial charge on any atom is -0.457 e. The molecule has 0 aromatic rings. The fraction of sp³-hybridized carbons (Fsp3) is 0.700. The van der Waals surface area contributed by atoms with E-state index in [-0.39, 0.29) is 24.1 Å². The lowest BCUT2D eigenvalue weighted by atomic mass is 10.1. The Balaban J connectivity index is 2.49. The van der Waals surface area contributed by atoms with Crippen molar-refractivity contribution in [2.75, 3.05) is 13.1 Å². The Hall–Kier alpha value is -1.25. The van der Waals surface area contributed by atoms with E-state index >= 15 is 0 Å². The second-order valence-electron chi connectivity index (χ2n) is 3.67. The van der Waals surface area contributed by atoms with Gasteiger partial charge >= 0.3 is 5.97 Å². The zero-order valence-corrected chi connectivity index (χ0v) is 8.95. The molecule has 5 nitrogen and oxygen atoms in total. The van der Waals surface area contributed by atoms with Crippen molar-refractivity contribution in [2.45, 2.75) is 26.1 Å². The Morgan fingerprint density at radius 2 is 2.00 bits per heavy atom. The van der Waals surface area contributed by atoms with Crippen LogP contribution in [-0.4, -0.2) is 31.3 Å². The van der Waals surface area contributed by atoms with Gasteiger partial charge in [0.2, 0.25) is 0 Å². The lowest BCUT2D eigenvalue weighted by Gasteiger charge is -2.30. The molecule has 1 aliphatic heterocycles. The minimum atomic E-state index is -0.336. The summed E-state index contributed by atoms with van der Waals surface area (Å²) in [6, 6.07) is 0. The van der Waals surface area contributed by atoms with Crippen LogP contribution in [0.25, 0.3) is 0 Å². The molecule has 1 saturated heterocycles. The SMILES string of the molecule is C#CO[C@H]1CNNCC1OC(=O)C(C)C. The van der Waals surface area contributed by atoms with Crippen molar-refractivity contribution in [3.05, 3.63) is 0 Å². The van der Waals surface area contributed by atoms with Crippen LogP contribution in [0.15, 0.2) is 0 Å². The third-order valence-corrected chi connectivity index (χ3v) is 2.10. The van der Waals surface area contributed by atoms with E-state index in [2.05, 4.69) is 17.0 Å². The molecule has 1 rings (SSSR count). The summed E-state index contributed by atoms with van der Waals surface area (Å²) in [5, 5.41) is 0. The summed E-state index contributed by atoms with van der Waals surface area (Å²) < 4.78 is 10.3. The number of terminal acetylenes is 1. The highest BCUT2D eigenvalue weighted by Gasteiger charge is 2.30. The predicted molar refractivity (Wildman–Crippen MR) is 54.4 cm³/mol. The Labute approximate surface area is 89.5 Å². The first-order valence-electron chi connectivity index (χ1n) is 4.92. The average molecular weight is 212 g/mol. The Bertz CT molecular complexity index is 260. The summed E-state index contributed by atoms with van der Waals surface area (Å²) in [6.07, 6.45) is 6.53. The molecule has 0 radical (unpaired) electrons. The molecule has 0 aliphatic carbocycles. The van der Waals surface area contributed by atoms with Crippen LogP contribution in [0.4, 0.5) is 0 Å². The van der Waals surface area contributed by atoms with Gasteiger partial charge in [-0.2, -0.15) is 0 Å². The number of carbonyl (C=O) groups excluding carboxylic acids is 1. The van der Waals surface area contributed by atoms with Gasteiger partial charge in [0, 0.05) is 0 Å². The highest BCUT2D eigenvalue weighted by Crippen LogP contribution is 2.08. The van der Waals surface area contributed by atoms with Gasteiger partial charge in [-0.05, 0) is 0 Å². The van der Waals surface area contributed by atoms with Crippen molar-refractivity contribution in [3.8, 4) is 12.5 Å². The number of hydrazine groups is 1. The fourth-order valence-electron chi connectivity index (χ4n) is 1.22. The molecule has 0 saturated carbocycles. The Morgan fingerprint density at radius 3 is 2.53 bits per heavy atom. The first kappa shape index (κ1) is 11.8. The second-order valence-corrected chi connectivity index (χ2v) is 3.67. The Kier molecular flexibility index (Phi) is 4.40. The number of hydrogen-bond donors (Lipinski definition) is 2. The molecule has 0 aromatic heterocycles. The monoisotopic (exact) mass is 212 g/mol. The molecular formula is C10H16N2O3. The van der Waals surface area contributed by atoms with E-state index < -0.39 is 0 Å². The summed E-state index contributed by atoms with van der Waals surface area (Å²) >= 11 is 0. The van der Waals surface area contributed by atoms with E-state index in [4.69, 9.17) is 15.9 Å². The summed E-state index contributed by atoms with van der Waals surface area (Å²) in [5.41, 5.74) is 5.78. The van der Waals surface area contributed by atoms with Gasteiger partial charge in [-0.15, -0.1) is 0 Å². The summed E-state index contributed by atoms with van der Waals surface area (Å²) in [5.74, 6) is -0.388. The third-order valence-electron chi connectivity index (χ3n) is 2.10. The van der Waals surface area contributed by atoms with Crippen LogP contribution in [0.3, 0.4) is 0 Å². The molecule has 5 heteroatoms. The molecule has 15 heavy (non-hydrogen) atoms. The number of esters is 1. The van der Waals surface area contributed by atoms with Crippen molar-refractivity contribution in [3.63, 3.8) is 0 Å². The van der Waals surface area contributed by atoms with Gasteiger partial charge in [0.25, 0.3) is 0 Å². The van der Waals surface area contributed by atoms with Crippen LogP contribution in [0.1, 0.15) is 13.8 Å². The van der Waals surface area contributed by atoms with Gasteiger partial charge < -0.3 is 9.47 Å². The van der Waals surface area contributed by atoms with E-state index in [1.54, 1.807) is 13.8 Å². The van der Waals surface area contributed by atoms with Gasteiger partial charge in [0.15, 0.2) is 12.2 Å². The average Bonchev–Trinajstić information content (AvgIpc) is 2.21. The smallest absolute Gasteiger partial charge is 0.308 e. The predicted octanol–water partition coefficient (Wildman–Crippen LogP) is -0.362. The fourth-order valence-corrected chi connectivity index (χ4v) is 1.22.